The highest BCUT2D eigenvalue weighted by molar-refractivity contribution is 5.77. The van der Waals surface area contributed by atoms with Gasteiger partial charge in [0.2, 0.25) is 0 Å². The van der Waals surface area contributed by atoms with Crippen molar-refractivity contribution in [2.45, 2.75) is 0 Å². The average molecular weight is 300 g/mol. The molecule has 0 amide bonds. The Bertz CT molecular complexity index is 940. The summed E-state index contributed by atoms with van der Waals surface area (Å²) in [7, 11) is 1.98. The fourth-order valence-corrected chi connectivity index (χ4v) is 2.65. The van der Waals surface area contributed by atoms with Crippen molar-refractivity contribution in [1.82, 2.24) is 9.55 Å². The predicted octanol–water partition coefficient (Wildman–Crippen LogP) is 5.03. The van der Waals surface area contributed by atoms with E-state index in [1.165, 1.54) is 11.1 Å². The van der Waals surface area contributed by atoms with Crippen LogP contribution in [0.4, 0.5) is 0 Å². The van der Waals surface area contributed by atoms with E-state index in [1.54, 1.807) is 0 Å². The van der Waals surface area contributed by atoms with Crippen LogP contribution in [0.15, 0.2) is 79.1 Å². The second-order valence-corrected chi connectivity index (χ2v) is 5.50. The number of fused-ring (bicyclic) bond motifs is 1. The Kier molecular flexibility index (Phi) is 3.31. The highest BCUT2D eigenvalue weighted by Gasteiger charge is 2.04. The molecule has 0 atom stereocenters. The summed E-state index contributed by atoms with van der Waals surface area (Å²) in [5, 5.41) is 0. The topological polar surface area (TPSA) is 27.1 Å². The maximum atomic E-state index is 5.96. The van der Waals surface area contributed by atoms with E-state index in [0.29, 0.717) is 0 Å². The van der Waals surface area contributed by atoms with Gasteiger partial charge in [-0.1, -0.05) is 42.5 Å². The molecule has 1 heterocycles. The van der Waals surface area contributed by atoms with Crippen LogP contribution in [0.5, 0.6) is 11.5 Å². The summed E-state index contributed by atoms with van der Waals surface area (Å²) in [6.45, 7) is 0. The summed E-state index contributed by atoms with van der Waals surface area (Å²) in [6, 6.07) is 24.4. The third-order valence-corrected chi connectivity index (χ3v) is 3.89. The summed E-state index contributed by atoms with van der Waals surface area (Å²) in [4.78, 5) is 4.32. The molecule has 0 saturated heterocycles. The van der Waals surface area contributed by atoms with Gasteiger partial charge in [0.15, 0.2) is 0 Å². The molecule has 0 aliphatic heterocycles. The minimum Gasteiger partial charge on any atom is -0.457 e. The van der Waals surface area contributed by atoms with Gasteiger partial charge in [0.1, 0.15) is 11.5 Å². The summed E-state index contributed by atoms with van der Waals surface area (Å²) in [5.74, 6) is 1.64. The highest BCUT2D eigenvalue weighted by atomic mass is 16.5. The Hall–Kier alpha value is -3.07. The van der Waals surface area contributed by atoms with Crippen molar-refractivity contribution >= 4 is 11.0 Å². The van der Waals surface area contributed by atoms with Crippen molar-refractivity contribution in [3.8, 4) is 22.6 Å². The second kappa shape index (κ2) is 5.61. The fraction of sp³-hybridized carbons (Fsp3) is 0.0500. The maximum Gasteiger partial charge on any atom is 0.129 e. The van der Waals surface area contributed by atoms with Gasteiger partial charge in [-0.3, -0.25) is 0 Å². The lowest BCUT2D eigenvalue weighted by atomic mass is 10.1. The van der Waals surface area contributed by atoms with Crippen LogP contribution in [-0.2, 0) is 7.05 Å². The van der Waals surface area contributed by atoms with Gasteiger partial charge < -0.3 is 9.30 Å². The van der Waals surface area contributed by atoms with Gasteiger partial charge in [-0.25, -0.2) is 4.98 Å². The summed E-state index contributed by atoms with van der Waals surface area (Å²) < 4.78 is 7.95. The third kappa shape index (κ3) is 2.69. The minimum atomic E-state index is 0.813. The second-order valence-electron chi connectivity index (χ2n) is 5.50. The number of rotatable bonds is 3. The predicted molar refractivity (Wildman–Crippen MR) is 92.7 cm³/mol. The normalized spacial score (nSPS) is 10.8. The van der Waals surface area contributed by atoms with E-state index in [1.807, 2.05) is 66.5 Å². The Labute approximate surface area is 134 Å². The van der Waals surface area contributed by atoms with Crippen LogP contribution in [-0.4, -0.2) is 9.55 Å². The number of ether oxygens (including phenoxy) is 1. The number of nitrogens with zero attached hydrogens (tertiary/aromatic N) is 2. The monoisotopic (exact) mass is 300 g/mol. The van der Waals surface area contributed by atoms with Crippen molar-refractivity contribution < 1.29 is 4.74 Å². The average Bonchev–Trinajstić information content (AvgIpc) is 2.97. The van der Waals surface area contributed by atoms with E-state index in [0.717, 1.165) is 22.5 Å². The summed E-state index contributed by atoms with van der Waals surface area (Å²) >= 11 is 0. The first kappa shape index (κ1) is 13.6. The van der Waals surface area contributed by atoms with Crippen LogP contribution in [0.3, 0.4) is 0 Å². The zero-order valence-corrected chi connectivity index (χ0v) is 12.8. The summed E-state index contributed by atoms with van der Waals surface area (Å²) in [6.07, 6.45) is 1.81. The number of imidazole rings is 1. The molecule has 1 aromatic heterocycles. The van der Waals surface area contributed by atoms with Crippen LogP contribution in [0.2, 0.25) is 0 Å². The lowest BCUT2D eigenvalue weighted by Crippen LogP contribution is -1.87. The molecule has 0 spiro atoms. The van der Waals surface area contributed by atoms with Gasteiger partial charge in [-0.2, -0.15) is 0 Å². The molecule has 0 unspecified atom stereocenters. The van der Waals surface area contributed by atoms with Gasteiger partial charge in [0.25, 0.3) is 0 Å². The van der Waals surface area contributed by atoms with Crippen molar-refractivity contribution in [2.75, 3.05) is 0 Å². The molecule has 0 fully saturated rings. The van der Waals surface area contributed by atoms with Gasteiger partial charge in [-0.05, 0) is 35.4 Å². The first-order valence-electron chi connectivity index (χ1n) is 7.54. The van der Waals surface area contributed by atoms with Gasteiger partial charge >= 0.3 is 0 Å². The van der Waals surface area contributed by atoms with Crippen LogP contribution in [0, 0.1) is 0 Å². The number of hydrogen-bond donors (Lipinski definition) is 0. The molecule has 4 rings (SSSR count). The number of hydrogen-bond acceptors (Lipinski definition) is 2. The smallest absolute Gasteiger partial charge is 0.129 e. The van der Waals surface area contributed by atoms with Crippen molar-refractivity contribution in [3.63, 3.8) is 0 Å². The Balaban J connectivity index is 1.59. The van der Waals surface area contributed by atoms with Crippen molar-refractivity contribution in [3.05, 3.63) is 79.1 Å². The molecule has 0 N–H and O–H groups in total. The first-order valence-corrected chi connectivity index (χ1v) is 7.54. The first-order chi connectivity index (χ1) is 11.3. The van der Waals surface area contributed by atoms with E-state index in [2.05, 4.69) is 29.2 Å². The quantitative estimate of drug-likeness (QED) is 0.530. The maximum absolute atomic E-state index is 5.96. The van der Waals surface area contributed by atoms with Gasteiger partial charge in [-0.15, -0.1) is 0 Å². The Morgan fingerprint density at radius 2 is 1.48 bits per heavy atom. The Morgan fingerprint density at radius 3 is 2.26 bits per heavy atom. The molecule has 23 heavy (non-hydrogen) atoms. The SMILES string of the molecule is Cn1cnc2ccc(Oc3ccc(-c4ccccc4)cc3)cc21. The molecule has 0 aliphatic carbocycles. The van der Waals surface area contributed by atoms with E-state index < -0.39 is 0 Å². The largest absolute Gasteiger partial charge is 0.457 e. The number of benzene rings is 3. The van der Waals surface area contributed by atoms with Crippen LogP contribution in [0.25, 0.3) is 22.2 Å². The molecule has 4 aromatic rings. The minimum absolute atomic E-state index is 0.813. The zero-order chi connectivity index (χ0) is 15.6. The number of aryl methyl sites for hydroxylation is 1. The molecule has 0 saturated carbocycles. The standard InChI is InChI=1S/C20H16N2O/c1-22-14-21-19-12-11-18(13-20(19)22)23-17-9-7-16(8-10-17)15-5-3-2-4-6-15/h2-14H,1H3. The van der Waals surface area contributed by atoms with Crippen LogP contribution in [0.1, 0.15) is 0 Å². The molecule has 3 heteroatoms. The molecule has 112 valence electrons. The van der Waals surface area contributed by atoms with E-state index >= 15 is 0 Å². The lowest BCUT2D eigenvalue weighted by molar-refractivity contribution is 0.483. The third-order valence-electron chi connectivity index (χ3n) is 3.89. The van der Waals surface area contributed by atoms with Crippen molar-refractivity contribution in [1.29, 1.82) is 0 Å². The van der Waals surface area contributed by atoms with E-state index in [4.69, 9.17) is 4.74 Å². The Morgan fingerprint density at radius 1 is 0.783 bits per heavy atom. The van der Waals surface area contributed by atoms with Crippen molar-refractivity contribution in [2.24, 2.45) is 7.05 Å². The summed E-state index contributed by atoms with van der Waals surface area (Å²) in [5.41, 5.74) is 4.41. The van der Waals surface area contributed by atoms with E-state index in [-0.39, 0.29) is 0 Å². The fourth-order valence-electron chi connectivity index (χ4n) is 2.65. The lowest BCUT2D eigenvalue weighted by Gasteiger charge is -2.07. The molecule has 3 nitrogen and oxygen atoms in total. The number of aromatic nitrogens is 2. The highest BCUT2D eigenvalue weighted by Crippen LogP contribution is 2.27. The van der Waals surface area contributed by atoms with Crippen LogP contribution < -0.4 is 4.74 Å². The molecule has 0 radical (unpaired) electrons. The molecular weight excluding hydrogens is 284 g/mol. The van der Waals surface area contributed by atoms with Gasteiger partial charge in [0.05, 0.1) is 17.4 Å². The molecule has 0 aliphatic rings. The molecular formula is C20H16N2O. The molecule has 3 aromatic carbocycles. The van der Waals surface area contributed by atoms with Gasteiger partial charge in [0, 0.05) is 13.1 Å². The van der Waals surface area contributed by atoms with E-state index in [9.17, 15) is 0 Å². The van der Waals surface area contributed by atoms with Crippen LogP contribution >= 0.6 is 0 Å². The zero-order valence-electron chi connectivity index (χ0n) is 12.8. The molecule has 0 bridgehead atoms.